The molecule has 1 fully saturated rings. The van der Waals surface area contributed by atoms with Crippen LogP contribution in [0.3, 0.4) is 0 Å². The fraction of sp³-hybridized carbons (Fsp3) is 0.615. The lowest BCUT2D eigenvalue weighted by atomic mass is 9.77. The molecule has 17 heavy (non-hydrogen) atoms. The largest absolute Gasteiger partial charge is 0.397 e. The van der Waals surface area contributed by atoms with Crippen molar-refractivity contribution in [2.75, 3.05) is 25.1 Å². The molecule has 4 nitrogen and oxygen atoms in total. The summed E-state index contributed by atoms with van der Waals surface area (Å²) in [4.78, 5) is 6.84. The fourth-order valence-corrected chi connectivity index (χ4v) is 2.71. The number of nitrogens with zero attached hydrogens (tertiary/aromatic N) is 2. The number of likely N-dealkylation sites (tertiary alicyclic amines) is 1. The molecule has 0 bridgehead atoms. The van der Waals surface area contributed by atoms with Crippen LogP contribution >= 0.6 is 0 Å². The molecule has 0 saturated carbocycles. The van der Waals surface area contributed by atoms with Crippen LogP contribution in [-0.4, -0.2) is 29.0 Å². The Balaban J connectivity index is 2.38. The van der Waals surface area contributed by atoms with E-state index in [2.05, 4.69) is 30.8 Å². The summed E-state index contributed by atoms with van der Waals surface area (Å²) in [5.74, 6) is 0.377. The third-order valence-corrected chi connectivity index (χ3v) is 4.12. The third-order valence-electron chi connectivity index (χ3n) is 4.12. The molecule has 0 aliphatic carbocycles. The highest BCUT2D eigenvalue weighted by atomic mass is 15.2. The van der Waals surface area contributed by atoms with Crippen LogP contribution in [-0.2, 0) is 0 Å². The van der Waals surface area contributed by atoms with Gasteiger partial charge in [-0.1, -0.05) is 0 Å². The maximum absolute atomic E-state index is 6.06. The molecule has 4 N–H and O–H groups in total. The Labute approximate surface area is 103 Å². The Morgan fingerprint density at radius 2 is 2.12 bits per heavy atom. The van der Waals surface area contributed by atoms with Crippen LogP contribution in [0.1, 0.15) is 38.3 Å². The summed E-state index contributed by atoms with van der Waals surface area (Å²) in [5.41, 5.74) is 14.2. The number of likely N-dealkylation sites (N-methyl/N-ethyl adjacent to an activating group) is 1. The molecule has 1 aromatic heterocycles. The first-order chi connectivity index (χ1) is 7.93. The average Bonchev–Trinajstić information content (AvgIpc) is 2.23. The first-order valence-electron chi connectivity index (χ1n) is 6.15. The second kappa shape index (κ2) is 4.18. The Morgan fingerprint density at radius 3 is 2.76 bits per heavy atom. The van der Waals surface area contributed by atoms with Crippen molar-refractivity contribution in [2.24, 2.45) is 0 Å². The van der Waals surface area contributed by atoms with Gasteiger partial charge < -0.3 is 16.4 Å². The second-order valence-corrected chi connectivity index (χ2v) is 5.51. The molecule has 1 saturated heterocycles. The zero-order chi connectivity index (χ0) is 12.6. The van der Waals surface area contributed by atoms with Crippen molar-refractivity contribution in [1.29, 1.82) is 0 Å². The molecule has 0 radical (unpaired) electrons. The van der Waals surface area contributed by atoms with Gasteiger partial charge in [-0.15, -0.1) is 0 Å². The molecule has 0 amide bonds. The Kier molecular flexibility index (Phi) is 3.00. The smallest absolute Gasteiger partial charge is 0.0683 e. The normalized spacial score (nSPS) is 24.8. The maximum atomic E-state index is 6.06. The van der Waals surface area contributed by atoms with E-state index < -0.39 is 0 Å². The van der Waals surface area contributed by atoms with Gasteiger partial charge in [-0.2, -0.15) is 0 Å². The summed E-state index contributed by atoms with van der Waals surface area (Å²) in [7, 11) is 2.17. The van der Waals surface area contributed by atoms with Gasteiger partial charge in [0.05, 0.1) is 23.3 Å². The number of aromatic nitrogens is 1. The van der Waals surface area contributed by atoms with Gasteiger partial charge in [0.15, 0.2) is 0 Å². The Morgan fingerprint density at radius 1 is 1.41 bits per heavy atom. The highest BCUT2D eigenvalue weighted by molar-refractivity contribution is 5.54. The highest BCUT2D eigenvalue weighted by Gasteiger charge is 2.38. The molecular formula is C13H22N4. The highest BCUT2D eigenvalue weighted by Crippen LogP contribution is 2.40. The van der Waals surface area contributed by atoms with E-state index in [4.69, 9.17) is 11.5 Å². The van der Waals surface area contributed by atoms with E-state index in [-0.39, 0.29) is 5.54 Å². The van der Waals surface area contributed by atoms with Crippen LogP contribution in [0.5, 0.6) is 0 Å². The number of nitrogen functional groups attached to an aromatic ring is 2. The van der Waals surface area contributed by atoms with E-state index >= 15 is 0 Å². The molecule has 1 aliphatic heterocycles. The van der Waals surface area contributed by atoms with Crippen molar-refractivity contribution in [3.63, 3.8) is 0 Å². The predicted octanol–water partition coefficient (Wildman–Crippen LogP) is 1.83. The molecule has 2 rings (SSSR count). The zero-order valence-electron chi connectivity index (χ0n) is 10.9. The van der Waals surface area contributed by atoms with E-state index in [0.717, 1.165) is 24.3 Å². The van der Waals surface area contributed by atoms with E-state index in [9.17, 15) is 0 Å². The van der Waals surface area contributed by atoms with Crippen LogP contribution in [0, 0.1) is 0 Å². The maximum Gasteiger partial charge on any atom is 0.0683 e. The second-order valence-electron chi connectivity index (χ2n) is 5.51. The number of anilines is 2. The molecule has 2 heterocycles. The molecule has 0 spiro atoms. The summed E-state index contributed by atoms with van der Waals surface area (Å²) in [6.07, 6.45) is 4.03. The average molecular weight is 234 g/mol. The van der Waals surface area contributed by atoms with E-state index in [0.29, 0.717) is 11.6 Å². The van der Waals surface area contributed by atoms with Crippen molar-refractivity contribution >= 4 is 11.4 Å². The lowest BCUT2D eigenvalue weighted by Crippen LogP contribution is -2.50. The minimum absolute atomic E-state index is 0.0927. The van der Waals surface area contributed by atoms with Crippen molar-refractivity contribution in [3.8, 4) is 0 Å². The minimum atomic E-state index is 0.0927. The molecule has 94 valence electrons. The van der Waals surface area contributed by atoms with E-state index in [1.165, 1.54) is 6.42 Å². The number of pyridine rings is 1. The molecule has 0 aromatic carbocycles. The number of nitrogens with two attached hydrogens (primary N) is 2. The summed E-state index contributed by atoms with van der Waals surface area (Å²) in [6, 6.07) is 1.81. The first kappa shape index (κ1) is 12.2. The van der Waals surface area contributed by atoms with Gasteiger partial charge in [0.25, 0.3) is 0 Å². The van der Waals surface area contributed by atoms with Crippen molar-refractivity contribution in [3.05, 3.63) is 18.0 Å². The molecule has 4 heteroatoms. The van der Waals surface area contributed by atoms with Crippen molar-refractivity contribution in [1.82, 2.24) is 9.88 Å². The number of hydrogen-bond donors (Lipinski definition) is 2. The number of hydrogen-bond acceptors (Lipinski definition) is 4. The van der Waals surface area contributed by atoms with Crippen LogP contribution in [0.15, 0.2) is 12.3 Å². The third kappa shape index (κ3) is 2.09. The Bertz CT molecular complexity index is 414. The summed E-state index contributed by atoms with van der Waals surface area (Å²) in [5, 5.41) is 0. The lowest BCUT2D eigenvalue weighted by Gasteiger charge is -2.46. The predicted molar refractivity (Wildman–Crippen MR) is 71.7 cm³/mol. The van der Waals surface area contributed by atoms with Crippen molar-refractivity contribution < 1.29 is 0 Å². The van der Waals surface area contributed by atoms with Crippen molar-refractivity contribution in [2.45, 2.75) is 38.1 Å². The standard InChI is InChI=1S/C13H22N4/c1-13(2)10(5-4-6-17(13)3)12-11(15)7-9(14)8-16-12/h7-8,10H,4-6,14-15H2,1-3H3. The van der Waals surface area contributed by atoms with Gasteiger partial charge in [-0.05, 0) is 46.3 Å². The van der Waals surface area contributed by atoms with Gasteiger partial charge in [0.2, 0.25) is 0 Å². The minimum Gasteiger partial charge on any atom is -0.397 e. The SMILES string of the molecule is CN1CCCC(c2ncc(N)cc2N)C1(C)C. The van der Waals surface area contributed by atoms with Crippen LogP contribution in [0.2, 0.25) is 0 Å². The van der Waals surface area contributed by atoms with Crippen LogP contribution in [0.25, 0.3) is 0 Å². The molecule has 1 aliphatic rings. The van der Waals surface area contributed by atoms with Gasteiger partial charge in [-0.25, -0.2) is 0 Å². The van der Waals surface area contributed by atoms with E-state index in [1.54, 1.807) is 6.20 Å². The number of rotatable bonds is 1. The Hall–Kier alpha value is -1.29. The summed E-state index contributed by atoms with van der Waals surface area (Å²) >= 11 is 0. The van der Waals surface area contributed by atoms with E-state index in [1.807, 2.05) is 6.07 Å². The summed E-state index contributed by atoms with van der Waals surface area (Å²) < 4.78 is 0. The molecule has 1 aromatic rings. The fourth-order valence-electron chi connectivity index (χ4n) is 2.71. The monoisotopic (exact) mass is 234 g/mol. The van der Waals surface area contributed by atoms with Gasteiger partial charge >= 0.3 is 0 Å². The van der Waals surface area contributed by atoms with Gasteiger partial charge in [-0.3, -0.25) is 4.98 Å². The molecular weight excluding hydrogens is 212 g/mol. The van der Waals surface area contributed by atoms with Crippen LogP contribution < -0.4 is 11.5 Å². The van der Waals surface area contributed by atoms with Crippen LogP contribution in [0.4, 0.5) is 11.4 Å². The lowest BCUT2D eigenvalue weighted by molar-refractivity contribution is 0.0811. The topological polar surface area (TPSA) is 68.2 Å². The molecule has 1 atom stereocenters. The number of piperidine rings is 1. The zero-order valence-corrected chi connectivity index (χ0v) is 10.9. The quantitative estimate of drug-likeness (QED) is 0.778. The van der Waals surface area contributed by atoms with Gasteiger partial charge in [0, 0.05) is 11.5 Å². The molecule has 1 unspecified atom stereocenters. The summed E-state index contributed by atoms with van der Waals surface area (Å²) in [6.45, 7) is 5.65. The first-order valence-corrected chi connectivity index (χ1v) is 6.15. The van der Waals surface area contributed by atoms with Gasteiger partial charge in [0.1, 0.15) is 0 Å².